The van der Waals surface area contributed by atoms with E-state index in [9.17, 15) is 28.2 Å². The fraction of sp³-hybridized carbons (Fsp3) is 0.500. The van der Waals surface area contributed by atoms with Crippen molar-refractivity contribution in [3.63, 3.8) is 0 Å². The van der Waals surface area contributed by atoms with E-state index in [-0.39, 0.29) is 30.3 Å². The van der Waals surface area contributed by atoms with Gasteiger partial charge in [0.15, 0.2) is 0 Å². The lowest BCUT2D eigenvalue weighted by Crippen LogP contribution is -2.36. The number of aromatic nitrogens is 3. The highest BCUT2D eigenvalue weighted by molar-refractivity contribution is 5.70. The van der Waals surface area contributed by atoms with E-state index in [2.05, 4.69) is 20.5 Å². The number of benzene rings is 1. The average molecular weight is 455 g/mol. The van der Waals surface area contributed by atoms with Crippen molar-refractivity contribution in [2.75, 3.05) is 18.4 Å². The van der Waals surface area contributed by atoms with E-state index in [4.69, 9.17) is 4.74 Å². The highest BCUT2D eigenvalue weighted by Gasteiger charge is 2.37. The third kappa shape index (κ3) is 5.36. The van der Waals surface area contributed by atoms with Crippen LogP contribution < -0.4 is 5.32 Å². The van der Waals surface area contributed by atoms with Crippen molar-refractivity contribution in [1.29, 1.82) is 0 Å². The predicted molar refractivity (Wildman–Crippen MR) is 108 cm³/mol. The number of likely N-dealkylation sites (tertiary alicyclic amines) is 1. The van der Waals surface area contributed by atoms with Gasteiger partial charge in [0, 0.05) is 12.1 Å². The molecular weight excluding hydrogens is 431 g/mol. The highest BCUT2D eigenvalue weighted by Crippen LogP contribution is 2.36. The van der Waals surface area contributed by atoms with Gasteiger partial charge in [-0.2, -0.15) is 13.2 Å². The number of carbonyl (C=O) groups is 1. The number of anilines is 1. The molecule has 1 aliphatic rings. The van der Waals surface area contributed by atoms with Crippen molar-refractivity contribution in [2.45, 2.75) is 51.6 Å². The van der Waals surface area contributed by atoms with Crippen LogP contribution in [0.25, 0.3) is 11.3 Å². The second-order valence-corrected chi connectivity index (χ2v) is 8.50. The predicted octanol–water partition coefficient (Wildman–Crippen LogP) is 2.96. The van der Waals surface area contributed by atoms with Gasteiger partial charge in [0.2, 0.25) is 5.95 Å². The van der Waals surface area contributed by atoms with Gasteiger partial charge in [0.05, 0.1) is 29.9 Å². The molecule has 3 rings (SSSR count). The molecule has 0 spiro atoms. The van der Waals surface area contributed by atoms with Crippen molar-refractivity contribution in [2.24, 2.45) is 0 Å². The number of aliphatic hydroxyl groups is 1. The number of phenols is 1. The van der Waals surface area contributed by atoms with E-state index in [0.717, 1.165) is 12.1 Å². The number of alkyl halides is 3. The van der Waals surface area contributed by atoms with Crippen LogP contribution >= 0.6 is 0 Å². The number of nitrogens with one attached hydrogen (secondary N) is 1. The van der Waals surface area contributed by atoms with Crippen LogP contribution in [0.1, 0.15) is 32.0 Å². The molecule has 2 atom stereocenters. The van der Waals surface area contributed by atoms with Gasteiger partial charge < -0.3 is 25.2 Å². The van der Waals surface area contributed by atoms with Crippen LogP contribution in [-0.4, -0.2) is 67.2 Å². The Morgan fingerprint density at radius 3 is 2.47 bits per heavy atom. The number of nitrogens with zero attached hydrogens (tertiary/aromatic N) is 4. The molecule has 12 heteroatoms. The quantitative estimate of drug-likeness (QED) is 0.646. The van der Waals surface area contributed by atoms with Gasteiger partial charge in [-0.05, 0) is 45.9 Å². The van der Waals surface area contributed by atoms with Crippen LogP contribution in [0.4, 0.5) is 23.9 Å². The molecule has 32 heavy (non-hydrogen) atoms. The van der Waals surface area contributed by atoms with Crippen LogP contribution in [0, 0.1) is 6.92 Å². The zero-order valence-electron chi connectivity index (χ0n) is 17.9. The van der Waals surface area contributed by atoms with Crippen LogP contribution in [0.15, 0.2) is 18.2 Å². The molecule has 1 amide bonds. The molecule has 1 aliphatic heterocycles. The van der Waals surface area contributed by atoms with Gasteiger partial charge in [0.1, 0.15) is 17.0 Å². The second-order valence-electron chi connectivity index (χ2n) is 8.50. The van der Waals surface area contributed by atoms with Gasteiger partial charge in [-0.25, -0.2) is 9.78 Å². The minimum atomic E-state index is -4.59. The Bertz CT molecular complexity index is 1010. The average Bonchev–Trinajstić information content (AvgIpc) is 3.01. The first-order chi connectivity index (χ1) is 14.7. The summed E-state index contributed by atoms with van der Waals surface area (Å²) in [4.78, 5) is 17.8. The molecule has 2 heterocycles. The van der Waals surface area contributed by atoms with E-state index in [1.165, 1.54) is 4.90 Å². The first-order valence-electron chi connectivity index (χ1n) is 9.79. The zero-order valence-corrected chi connectivity index (χ0v) is 17.9. The number of β-amino-alcohol motifs (C(OH)–C–C–N with tert-alkyl or cyclic N) is 1. The topological polar surface area (TPSA) is 121 Å². The SMILES string of the molecule is Cc1nc(N[C@@H]2CN(C(=O)OC(C)(C)C)C[C@H]2O)nnc1-c1ccc(C(F)(F)F)cc1O. The summed E-state index contributed by atoms with van der Waals surface area (Å²) < 4.78 is 43.7. The van der Waals surface area contributed by atoms with E-state index in [1.54, 1.807) is 27.7 Å². The summed E-state index contributed by atoms with van der Waals surface area (Å²) in [6, 6.07) is 1.98. The summed E-state index contributed by atoms with van der Waals surface area (Å²) >= 11 is 0. The largest absolute Gasteiger partial charge is 0.507 e. The number of aryl methyl sites for hydroxylation is 1. The number of hydrogen-bond donors (Lipinski definition) is 3. The smallest absolute Gasteiger partial charge is 0.416 e. The molecule has 174 valence electrons. The zero-order chi connectivity index (χ0) is 23.8. The molecule has 1 aromatic heterocycles. The van der Waals surface area contributed by atoms with Gasteiger partial charge in [0.25, 0.3) is 0 Å². The molecule has 0 bridgehead atoms. The molecule has 1 saturated heterocycles. The summed E-state index contributed by atoms with van der Waals surface area (Å²) in [5, 5.41) is 31.1. The number of carbonyl (C=O) groups excluding carboxylic acids is 1. The first kappa shape index (κ1) is 23.5. The maximum atomic E-state index is 12.8. The number of aliphatic hydroxyl groups excluding tert-OH is 1. The lowest BCUT2D eigenvalue weighted by atomic mass is 10.1. The standard InChI is InChI=1S/C20H24F3N5O4/c1-10-16(12-6-5-11(7-14(12)29)20(21,22)23)26-27-17(24-10)25-13-8-28(9-15(13)30)18(31)32-19(2,3)4/h5-7,13,15,29-30H,8-9H2,1-4H3,(H,24,25,27)/t13-,15-/m1/s1. The van der Waals surface area contributed by atoms with Gasteiger partial charge in [-0.1, -0.05) is 0 Å². The first-order valence-corrected chi connectivity index (χ1v) is 9.79. The highest BCUT2D eigenvalue weighted by atomic mass is 19.4. The fourth-order valence-electron chi connectivity index (χ4n) is 3.19. The molecule has 0 unspecified atom stereocenters. The summed E-state index contributed by atoms with van der Waals surface area (Å²) in [5.41, 5.74) is -1.19. The Balaban J connectivity index is 1.73. The van der Waals surface area contributed by atoms with E-state index in [0.29, 0.717) is 11.8 Å². The maximum absolute atomic E-state index is 12.8. The van der Waals surface area contributed by atoms with E-state index in [1.807, 2.05) is 0 Å². The minimum Gasteiger partial charge on any atom is -0.507 e. The lowest BCUT2D eigenvalue weighted by Gasteiger charge is -2.24. The monoisotopic (exact) mass is 455 g/mol. The molecule has 2 aromatic rings. The Hall–Kier alpha value is -3.15. The molecule has 1 aromatic carbocycles. The van der Waals surface area contributed by atoms with Crippen molar-refractivity contribution in [3.05, 3.63) is 29.5 Å². The Kier molecular flexibility index (Phi) is 6.18. The van der Waals surface area contributed by atoms with Gasteiger partial charge >= 0.3 is 12.3 Å². The molecule has 1 fully saturated rings. The lowest BCUT2D eigenvalue weighted by molar-refractivity contribution is -0.137. The molecule has 3 N–H and O–H groups in total. The number of ether oxygens (including phenoxy) is 1. The number of amides is 1. The van der Waals surface area contributed by atoms with Crippen molar-refractivity contribution in [1.82, 2.24) is 20.1 Å². The summed E-state index contributed by atoms with van der Waals surface area (Å²) in [6.45, 7) is 7.00. The fourth-order valence-corrected chi connectivity index (χ4v) is 3.19. The summed E-state index contributed by atoms with van der Waals surface area (Å²) in [5.74, 6) is -0.535. The molecule has 0 saturated carbocycles. The summed E-state index contributed by atoms with van der Waals surface area (Å²) in [6.07, 6.45) is -6.04. The molecule has 9 nitrogen and oxygen atoms in total. The second kappa shape index (κ2) is 8.41. The summed E-state index contributed by atoms with van der Waals surface area (Å²) in [7, 11) is 0. The Morgan fingerprint density at radius 2 is 1.91 bits per heavy atom. The normalized spacial score (nSPS) is 19.2. The number of phenolic OH excluding ortho intramolecular Hbond substituents is 1. The molecule has 0 radical (unpaired) electrons. The van der Waals surface area contributed by atoms with Crippen molar-refractivity contribution >= 4 is 12.0 Å². The van der Waals surface area contributed by atoms with E-state index >= 15 is 0 Å². The third-order valence-electron chi connectivity index (χ3n) is 4.70. The number of aromatic hydroxyl groups is 1. The molecule has 0 aliphatic carbocycles. The Morgan fingerprint density at radius 1 is 1.22 bits per heavy atom. The third-order valence-corrected chi connectivity index (χ3v) is 4.70. The van der Waals surface area contributed by atoms with Gasteiger partial charge in [-0.15, -0.1) is 10.2 Å². The van der Waals surface area contributed by atoms with Crippen molar-refractivity contribution in [3.8, 4) is 17.0 Å². The molecular formula is C20H24F3N5O4. The number of rotatable bonds is 3. The van der Waals surface area contributed by atoms with E-state index < -0.39 is 41.3 Å². The number of halogens is 3. The van der Waals surface area contributed by atoms with Crippen LogP contribution in [0.3, 0.4) is 0 Å². The Labute approximate surface area is 182 Å². The van der Waals surface area contributed by atoms with Crippen LogP contribution in [-0.2, 0) is 10.9 Å². The number of hydrogen-bond acceptors (Lipinski definition) is 8. The minimum absolute atomic E-state index is 0.0547. The van der Waals surface area contributed by atoms with Crippen LogP contribution in [0.5, 0.6) is 5.75 Å². The maximum Gasteiger partial charge on any atom is 0.416 e. The van der Waals surface area contributed by atoms with Crippen LogP contribution in [0.2, 0.25) is 0 Å². The van der Waals surface area contributed by atoms with Crippen molar-refractivity contribution < 1.29 is 32.9 Å². The van der Waals surface area contributed by atoms with Gasteiger partial charge in [-0.3, -0.25) is 0 Å².